The van der Waals surface area contributed by atoms with E-state index < -0.39 is 5.97 Å². The lowest BCUT2D eigenvalue weighted by atomic mass is 10.0. The highest BCUT2D eigenvalue weighted by molar-refractivity contribution is 5.97. The van der Waals surface area contributed by atoms with Crippen LogP contribution in [0.2, 0.25) is 0 Å². The molecule has 0 radical (unpaired) electrons. The molecule has 0 atom stereocenters. The van der Waals surface area contributed by atoms with E-state index in [1.807, 2.05) is 19.1 Å². The molecule has 0 saturated carbocycles. The van der Waals surface area contributed by atoms with Gasteiger partial charge < -0.3 is 19.7 Å². The van der Waals surface area contributed by atoms with Crippen LogP contribution in [0.5, 0.6) is 17.2 Å². The number of phenols is 1. The number of carboxylic acids is 1. The van der Waals surface area contributed by atoms with Crippen LogP contribution in [0.15, 0.2) is 42.5 Å². The zero-order chi connectivity index (χ0) is 21.9. The van der Waals surface area contributed by atoms with E-state index >= 15 is 0 Å². The van der Waals surface area contributed by atoms with Crippen LogP contribution in [0, 0.1) is 0 Å². The Morgan fingerprint density at radius 3 is 2.47 bits per heavy atom. The number of aromatic hydroxyl groups is 1. The Bertz CT molecular complexity index is 901. The summed E-state index contributed by atoms with van der Waals surface area (Å²) in [7, 11) is 0. The molecule has 0 fully saturated rings. The fourth-order valence-corrected chi connectivity index (χ4v) is 2.98. The number of carboxylic acid groups (broad SMARTS) is 1. The predicted octanol–water partition coefficient (Wildman–Crippen LogP) is 4.88. The molecule has 0 bridgehead atoms. The number of ketones is 1. The number of carbonyl (C=O) groups excluding carboxylic acids is 1. The molecular weight excluding hydrogens is 384 g/mol. The van der Waals surface area contributed by atoms with Gasteiger partial charge in [0, 0.05) is 11.6 Å². The molecule has 0 aliphatic carbocycles. The molecule has 160 valence electrons. The Labute approximate surface area is 176 Å². The molecule has 0 spiro atoms. The number of unbranched alkanes of at least 4 members (excludes halogenated alkanes) is 1. The third kappa shape index (κ3) is 6.95. The number of aliphatic carboxylic acids is 1. The smallest absolute Gasteiger partial charge is 0.328 e. The number of benzene rings is 2. The van der Waals surface area contributed by atoms with Gasteiger partial charge in [0.05, 0.1) is 18.8 Å². The van der Waals surface area contributed by atoms with E-state index in [1.165, 1.54) is 13.0 Å². The molecule has 2 aromatic rings. The molecule has 2 aromatic carbocycles. The van der Waals surface area contributed by atoms with Crippen molar-refractivity contribution < 1.29 is 29.3 Å². The molecule has 6 nitrogen and oxygen atoms in total. The number of rotatable bonds is 12. The zero-order valence-corrected chi connectivity index (χ0v) is 17.4. The summed E-state index contributed by atoms with van der Waals surface area (Å²) in [6.07, 6.45) is 5.61. The summed E-state index contributed by atoms with van der Waals surface area (Å²) < 4.78 is 11.6. The summed E-state index contributed by atoms with van der Waals surface area (Å²) in [6.45, 7) is 4.42. The Balaban J connectivity index is 1.82. The molecule has 0 aliphatic heterocycles. The Morgan fingerprint density at radius 1 is 1.07 bits per heavy atom. The molecule has 2 rings (SSSR count). The Morgan fingerprint density at radius 2 is 1.80 bits per heavy atom. The molecule has 2 N–H and O–H groups in total. The quantitative estimate of drug-likeness (QED) is 0.293. The Kier molecular flexibility index (Phi) is 8.94. The predicted molar refractivity (Wildman–Crippen MR) is 115 cm³/mol. The average molecular weight is 412 g/mol. The first-order valence-corrected chi connectivity index (χ1v) is 10.0. The van der Waals surface area contributed by atoms with Gasteiger partial charge in [0.1, 0.15) is 17.2 Å². The fourth-order valence-electron chi connectivity index (χ4n) is 2.98. The van der Waals surface area contributed by atoms with Crippen molar-refractivity contribution >= 4 is 17.8 Å². The van der Waals surface area contributed by atoms with Crippen molar-refractivity contribution in [2.75, 3.05) is 13.2 Å². The second-order valence-electron chi connectivity index (χ2n) is 6.89. The average Bonchev–Trinajstić information content (AvgIpc) is 2.71. The summed E-state index contributed by atoms with van der Waals surface area (Å²) in [5, 5.41) is 19.1. The first kappa shape index (κ1) is 23.0. The van der Waals surface area contributed by atoms with Crippen LogP contribution in [0.4, 0.5) is 0 Å². The van der Waals surface area contributed by atoms with Crippen LogP contribution >= 0.6 is 0 Å². The van der Waals surface area contributed by atoms with E-state index in [2.05, 4.69) is 0 Å². The molecular formula is C24H28O6. The summed E-state index contributed by atoms with van der Waals surface area (Å²) in [6, 6.07) is 10.6. The fraction of sp³-hybridized carbons (Fsp3) is 0.333. The van der Waals surface area contributed by atoms with Crippen LogP contribution in [-0.4, -0.2) is 35.2 Å². The molecule has 0 unspecified atom stereocenters. The minimum atomic E-state index is -0.993. The van der Waals surface area contributed by atoms with Gasteiger partial charge >= 0.3 is 5.97 Å². The molecule has 0 saturated heterocycles. The van der Waals surface area contributed by atoms with Crippen LogP contribution in [0.3, 0.4) is 0 Å². The van der Waals surface area contributed by atoms with Gasteiger partial charge in [0.15, 0.2) is 5.78 Å². The van der Waals surface area contributed by atoms with Gasteiger partial charge in [-0.05, 0) is 62.1 Å². The second-order valence-corrected chi connectivity index (χ2v) is 6.89. The number of phenolic OH excluding ortho intramolecular Hbond substituents is 1. The first-order chi connectivity index (χ1) is 14.4. The van der Waals surface area contributed by atoms with E-state index in [-0.39, 0.29) is 11.5 Å². The van der Waals surface area contributed by atoms with Crippen molar-refractivity contribution in [3.63, 3.8) is 0 Å². The summed E-state index contributed by atoms with van der Waals surface area (Å²) >= 11 is 0. The van der Waals surface area contributed by atoms with Gasteiger partial charge in [-0.2, -0.15) is 0 Å². The van der Waals surface area contributed by atoms with Crippen LogP contribution < -0.4 is 9.47 Å². The monoisotopic (exact) mass is 412 g/mol. The second kappa shape index (κ2) is 11.7. The van der Waals surface area contributed by atoms with Crippen molar-refractivity contribution in [2.24, 2.45) is 0 Å². The Hall–Kier alpha value is -3.28. The molecule has 0 aliphatic rings. The van der Waals surface area contributed by atoms with Crippen molar-refractivity contribution in [1.29, 1.82) is 0 Å². The van der Waals surface area contributed by atoms with Crippen LogP contribution in [0.1, 0.15) is 54.6 Å². The maximum absolute atomic E-state index is 11.6. The van der Waals surface area contributed by atoms with Crippen molar-refractivity contribution in [2.45, 2.75) is 39.5 Å². The third-order valence-corrected chi connectivity index (χ3v) is 4.46. The van der Waals surface area contributed by atoms with E-state index in [0.29, 0.717) is 42.3 Å². The van der Waals surface area contributed by atoms with Crippen molar-refractivity contribution in [3.8, 4) is 17.2 Å². The minimum absolute atomic E-state index is 0.0158. The van der Waals surface area contributed by atoms with E-state index in [9.17, 15) is 14.7 Å². The van der Waals surface area contributed by atoms with Crippen molar-refractivity contribution in [1.82, 2.24) is 0 Å². The van der Waals surface area contributed by atoms with E-state index in [1.54, 1.807) is 24.3 Å². The van der Waals surface area contributed by atoms with Gasteiger partial charge in [-0.15, -0.1) is 0 Å². The van der Waals surface area contributed by atoms with Crippen LogP contribution in [-0.2, 0) is 11.2 Å². The van der Waals surface area contributed by atoms with Gasteiger partial charge in [-0.3, -0.25) is 4.79 Å². The lowest BCUT2D eigenvalue weighted by Gasteiger charge is -2.14. The standard InChI is InChI=1S/C24H28O6/c1-3-7-21-22(12-11-20(17(2)25)24(21)28)30-15-5-4-14-29-19-9-6-8-18(16-19)10-13-23(26)27/h6,8-13,16,28H,3-5,7,14-15H2,1-2H3,(H,26,27)/b13-10+. The largest absolute Gasteiger partial charge is 0.507 e. The summed E-state index contributed by atoms with van der Waals surface area (Å²) in [5.74, 6) is 0.141. The number of ether oxygens (including phenoxy) is 2. The summed E-state index contributed by atoms with van der Waals surface area (Å²) in [5.41, 5.74) is 1.75. The maximum atomic E-state index is 11.6. The highest BCUT2D eigenvalue weighted by atomic mass is 16.5. The van der Waals surface area contributed by atoms with Gasteiger partial charge in [0.25, 0.3) is 0 Å². The normalized spacial score (nSPS) is 10.9. The maximum Gasteiger partial charge on any atom is 0.328 e. The molecule has 6 heteroatoms. The van der Waals surface area contributed by atoms with E-state index in [4.69, 9.17) is 14.6 Å². The minimum Gasteiger partial charge on any atom is -0.507 e. The van der Waals surface area contributed by atoms with Gasteiger partial charge in [0.2, 0.25) is 0 Å². The highest BCUT2D eigenvalue weighted by Gasteiger charge is 2.15. The summed E-state index contributed by atoms with van der Waals surface area (Å²) in [4.78, 5) is 22.2. The SMILES string of the molecule is CCCc1c(OCCCCOc2cccc(/C=C/C(=O)O)c2)ccc(C(C)=O)c1O. The van der Waals surface area contributed by atoms with Crippen molar-refractivity contribution in [3.05, 3.63) is 59.2 Å². The van der Waals surface area contributed by atoms with Gasteiger partial charge in [-0.25, -0.2) is 4.79 Å². The molecule has 0 aromatic heterocycles. The lowest BCUT2D eigenvalue weighted by Crippen LogP contribution is -2.05. The molecule has 30 heavy (non-hydrogen) atoms. The number of hydrogen-bond donors (Lipinski definition) is 2. The van der Waals surface area contributed by atoms with E-state index in [0.717, 1.165) is 30.9 Å². The first-order valence-electron chi connectivity index (χ1n) is 10.0. The zero-order valence-electron chi connectivity index (χ0n) is 17.4. The third-order valence-electron chi connectivity index (χ3n) is 4.46. The lowest BCUT2D eigenvalue weighted by molar-refractivity contribution is -0.131. The molecule has 0 heterocycles. The molecule has 0 amide bonds. The highest BCUT2D eigenvalue weighted by Crippen LogP contribution is 2.33. The van der Waals surface area contributed by atoms with Gasteiger partial charge in [-0.1, -0.05) is 25.5 Å². The number of Topliss-reactive ketones (excluding diaryl/α,β-unsaturated/α-hetero) is 1. The number of hydrogen-bond acceptors (Lipinski definition) is 5. The van der Waals surface area contributed by atoms with Crippen LogP contribution in [0.25, 0.3) is 6.08 Å². The number of carbonyl (C=O) groups is 2. The topological polar surface area (TPSA) is 93.1 Å².